The molecule has 1 amide bonds. The number of nitrogen functional groups attached to an aromatic ring is 1. The first kappa shape index (κ1) is 16.1. The van der Waals surface area contributed by atoms with Crippen molar-refractivity contribution in [2.24, 2.45) is 0 Å². The summed E-state index contributed by atoms with van der Waals surface area (Å²) in [4.78, 5) is 11.4. The Balaban J connectivity index is 1.87. The normalized spacial score (nSPS) is 15.8. The number of halogens is 1. The Hall–Kier alpha value is -2.73. The summed E-state index contributed by atoms with van der Waals surface area (Å²) in [5, 5.41) is 10.4. The minimum atomic E-state index is -0.451. The third kappa shape index (κ3) is 3.44. The molecular weight excluding hydrogens is 330 g/mol. The molecule has 0 aliphatic carbocycles. The fourth-order valence-corrected chi connectivity index (χ4v) is 2.64. The first-order valence-electron chi connectivity index (χ1n) is 7.37. The van der Waals surface area contributed by atoms with E-state index in [-0.39, 0.29) is 6.04 Å². The second kappa shape index (κ2) is 6.80. The van der Waals surface area contributed by atoms with Gasteiger partial charge in [-0.3, -0.25) is 4.79 Å². The van der Waals surface area contributed by atoms with Crippen LogP contribution in [-0.4, -0.2) is 18.7 Å². The number of carbonyl (C=O) groups excluding carboxylic acids is 1. The Kier molecular flexibility index (Phi) is 4.57. The zero-order valence-electron chi connectivity index (χ0n) is 12.7. The summed E-state index contributed by atoms with van der Waals surface area (Å²) in [5.41, 5.74) is 7.29. The number of amides is 1. The minimum absolute atomic E-state index is 0.241. The van der Waals surface area contributed by atoms with Gasteiger partial charge >= 0.3 is 0 Å². The average Bonchev–Trinajstić information content (AvgIpc) is 2.58. The molecule has 2 aromatic rings. The summed E-state index contributed by atoms with van der Waals surface area (Å²) in [6, 6.07) is 10.1. The van der Waals surface area contributed by atoms with Crippen molar-refractivity contribution in [2.75, 3.05) is 12.3 Å². The van der Waals surface area contributed by atoms with Gasteiger partial charge in [-0.25, -0.2) is 0 Å². The molecule has 0 saturated carbocycles. The number of nitrogens with one attached hydrogen (secondary N) is 2. The van der Waals surface area contributed by atoms with Crippen LogP contribution in [0.5, 0.6) is 17.2 Å². The second-order valence-electron chi connectivity index (χ2n) is 5.33. The smallest absolute Gasteiger partial charge is 0.262 e. The largest absolute Gasteiger partial charge is 0.493 e. The van der Waals surface area contributed by atoms with Crippen molar-refractivity contribution in [1.82, 2.24) is 5.32 Å². The molecule has 0 bridgehead atoms. The number of benzene rings is 2. The molecule has 7 heteroatoms. The Labute approximate surface area is 144 Å². The van der Waals surface area contributed by atoms with Crippen LogP contribution >= 0.6 is 11.6 Å². The van der Waals surface area contributed by atoms with Gasteiger partial charge in [-0.15, -0.1) is 0 Å². The van der Waals surface area contributed by atoms with Gasteiger partial charge in [0.15, 0.2) is 5.75 Å². The van der Waals surface area contributed by atoms with Crippen molar-refractivity contribution in [2.45, 2.75) is 12.5 Å². The van der Waals surface area contributed by atoms with Gasteiger partial charge in [0.25, 0.3) is 5.91 Å². The molecule has 1 atom stereocenters. The lowest BCUT2D eigenvalue weighted by Gasteiger charge is -2.27. The lowest BCUT2D eigenvalue weighted by atomic mass is 9.99. The van der Waals surface area contributed by atoms with E-state index in [1.807, 2.05) is 0 Å². The monoisotopic (exact) mass is 345 g/mol. The molecule has 124 valence electrons. The fraction of sp³-hybridized carbons (Fsp3) is 0.176. The van der Waals surface area contributed by atoms with Crippen LogP contribution in [0.4, 0.5) is 5.69 Å². The highest BCUT2D eigenvalue weighted by molar-refractivity contribution is 6.30. The van der Waals surface area contributed by atoms with Crippen molar-refractivity contribution in [3.63, 3.8) is 0 Å². The standard InChI is InChI=1S/C17H16ClN3O3/c18-10-1-3-11(4-2-10)24-16-8-15-12(7-13(16)20)14(5-6-23-15)21-17(22)9-19/h1-4,7-9,14,19H,5-6,20H2,(H,21,22). The molecule has 1 unspecified atom stereocenters. The van der Waals surface area contributed by atoms with Gasteiger partial charge in [-0.1, -0.05) is 11.6 Å². The lowest BCUT2D eigenvalue weighted by Crippen LogP contribution is -2.32. The first-order valence-corrected chi connectivity index (χ1v) is 7.75. The van der Waals surface area contributed by atoms with E-state index in [1.54, 1.807) is 36.4 Å². The van der Waals surface area contributed by atoms with E-state index in [1.165, 1.54) is 0 Å². The van der Waals surface area contributed by atoms with Crippen LogP contribution < -0.4 is 20.5 Å². The molecule has 3 rings (SSSR count). The van der Waals surface area contributed by atoms with E-state index >= 15 is 0 Å². The minimum Gasteiger partial charge on any atom is -0.493 e. The van der Waals surface area contributed by atoms with Crippen molar-refractivity contribution in [1.29, 1.82) is 5.41 Å². The van der Waals surface area contributed by atoms with Gasteiger partial charge in [0.05, 0.1) is 24.6 Å². The third-order valence-electron chi connectivity index (χ3n) is 3.67. The second-order valence-corrected chi connectivity index (χ2v) is 5.76. The van der Waals surface area contributed by atoms with Gasteiger partial charge in [-0.05, 0) is 30.3 Å². The Morgan fingerprint density at radius 3 is 2.83 bits per heavy atom. The number of carbonyl (C=O) groups is 1. The molecule has 1 aliphatic heterocycles. The van der Waals surface area contributed by atoms with Crippen LogP contribution in [0.25, 0.3) is 0 Å². The predicted octanol–water partition coefficient (Wildman–Crippen LogP) is 3.30. The molecule has 1 heterocycles. The molecule has 0 fully saturated rings. The number of rotatable bonds is 4. The van der Waals surface area contributed by atoms with Gasteiger partial charge in [0.1, 0.15) is 11.5 Å². The van der Waals surface area contributed by atoms with Crippen molar-refractivity contribution < 1.29 is 14.3 Å². The number of ether oxygens (including phenoxy) is 2. The maximum atomic E-state index is 11.4. The summed E-state index contributed by atoms with van der Waals surface area (Å²) >= 11 is 5.86. The molecule has 0 aromatic heterocycles. The molecule has 1 aliphatic rings. The highest BCUT2D eigenvalue weighted by atomic mass is 35.5. The quantitative estimate of drug-likeness (QED) is 0.585. The zero-order valence-corrected chi connectivity index (χ0v) is 13.5. The van der Waals surface area contributed by atoms with E-state index in [0.717, 1.165) is 11.8 Å². The van der Waals surface area contributed by atoms with E-state index in [9.17, 15) is 4.79 Å². The van der Waals surface area contributed by atoms with Crippen LogP contribution in [0.3, 0.4) is 0 Å². The molecular formula is C17H16ClN3O3. The topological polar surface area (TPSA) is 97.4 Å². The van der Waals surface area contributed by atoms with E-state index < -0.39 is 5.91 Å². The van der Waals surface area contributed by atoms with Crippen molar-refractivity contribution in [3.8, 4) is 17.2 Å². The van der Waals surface area contributed by atoms with Gasteiger partial charge in [0, 0.05) is 23.1 Å². The number of hydrogen-bond donors (Lipinski definition) is 3. The maximum Gasteiger partial charge on any atom is 0.262 e. The first-order chi connectivity index (χ1) is 11.6. The van der Waals surface area contributed by atoms with Crippen LogP contribution in [-0.2, 0) is 4.79 Å². The highest BCUT2D eigenvalue weighted by Gasteiger charge is 2.24. The summed E-state index contributed by atoms with van der Waals surface area (Å²) in [6.07, 6.45) is 1.36. The van der Waals surface area contributed by atoms with Crippen LogP contribution in [0.15, 0.2) is 36.4 Å². The zero-order chi connectivity index (χ0) is 17.1. The van der Waals surface area contributed by atoms with Gasteiger partial charge in [0.2, 0.25) is 0 Å². The van der Waals surface area contributed by atoms with Crippen LogP contribution in [0, 0.1) is 5.41 Å². The molecule has 24 heavy (non-hydrogen) atoms. The lowest BCUT2D eigenvalue weighted by molar-refractivity contribution is -0.115. The Bertz CT molecular complexity index is 777. The predicted molar refractivity (Wildman–Crippen MR) is 92.2 cm³/mol. The maximum absolute atomic E-state index is 11.4. The Morgan fingerprint density at radius 2 is 2.12 bits per heavy atom. The van der Waals surface area contributed by atoms with E-state index in [4.69, 9.17) is 32.2 Å². The third-order valence-corrected chi connectivity index (χ3v) is 3.92. The molecule has 6 nitrogen and oxygen atoms in total. The van der Waals surface area contributed by atoms with Crippen molar-refractivity contribution in [3.05, 3.63) is 47.0 Å². The van der Waals surface area contributed by atoms with Gasteiger partial charge < -0.3 is 25.9 Å². The summed E-state index contributed by atoms with van der Waals surface area (Å²) in [5.74, 6) is 1.23. The van der Waals surface area contributed by atoms with Gasteiger partial charge in [-0.2, -0.15) is 0 Å². The average molecular weight is 346 g/mol. The molecule has 0 spiro atoms. The Morgan fingerprint density at radius 1 is 1.38 bits per heavy atom. The number of nitrogens with two attached hydrogens (primary N) is 1. The van der Waals surface area contributed by atoms with Crippen LogP contribution in [0.1, 0.15) is 18.0 Å². The number of fused-ring (bicyclic) bond motifs is 1. The fourth-order valence-electron chi connectivity index (χ4n) is 2.52. The summed E-state index contributed by atoms with van der Waals surface area (Å²) < 4.78 is 11.4. The SMILES string of the molecule is N=CC(=O)NC1CCOc2cc(Oc3ccc(Cl)cc3)c(N)cc21. The number of hydrogen-bond acceptors (Lipinski definition) is 5. The van der Waals surface area contributed by atoms with Crippen LogP contribution in [0.2, 0.25) is 5.02 Å². The molecule has 4 N–H and O–H groups in total. The van der Waals surface area contributed by atoms with Crippen molar-refractivity contribution >= 4 is 29.4 Å². The summed E-state index contributed by atoms with van der Waals surface area (Å²) in [7, 11) is 0. The highest BCUT2D eigenvalue weighted by Crippen LogP contribution is 2.40. The molecule has 0 saturated heterocycles. The van der Waals surface area contributed by atoms with E-state index in [2.05, 4.69) is 5.32 Å². The molecule has 2 aromatic carbocycles. The number of anilines is 1. The van der Waals surface area contributed by atoms with E-state index in [0.29, 0.717) is 41.0 Å². The molecule has 0 radical (unpaired) electrons. The summed E-state index contributed by atoms with van der Waals surface area (Å²) in [6.45, 7) is 0.459.